The average Bonchev–Trinajstić information content (AvgIpc) is 3.89. The van der Waals surface area contributed by atoms with Crippen LogP contribution >= 0.6 is 0 Å². The van der Waals surface area contributed by atoms with Crippen molar-refractivity contribution in [1.29, 1.82) is 0 Å². The first-order valence-corrected chi connectivity index (χ1v) is 20.6. The highest BCUT2D eigenvalue weighted by Crippen LogP contribution is 2.49. The van der Waals surface area contributed by atoms with Crippen LogP contribution in [0.3, 0.4) is 0 Å². The zero-order chi connectivity index (χ0) is 39.3. The van der Waals surface area contributed by atoms with E-state index >= 15 is 0 Å². The summed E-state index contributed by atoms with van der Waals surface area (Å²) >= 11 is 0. The van der Waals surface area contributed by atoms with Crippen molar-refractivity contribution in [3.63, 3.8) is 0 Å². The summed E-state index contributed by atoms with van der Waals surface area (Å²) in [6, 6.07) is 74.4. The van der Waals surface area contributed by atoms with Crippen molar-refractivity contribution in [1.82, 2.24) is 0 Å². The van der Waals surface area contributed by atoms with Crippen LogP contribution in [0, 0.1) is 0 Å². The normalized spacial score (nSPS) is 12.0. The molecule has 2 heterocycles. The van der Waals surface area contributed by atoms with Crippen molar-refractivity contribution in [3.05, 3.63) is 206 Å². The number of fused-ring (bicyclic) bond motifs is 10. The molecule has 0 spiro atoms. The number of hydrogen-bond donors (Lipinski definition) is 0. The van der Waals surface area contributed by atoms with E-state index in [9.17, 15) is 0 Å². The second-order valence-corrected chi connectivity index (χ2v) is 15.8. The molecule has 0 fully saturated rings. The van der Waals surface area contributed by atoms with E-state index in [1.54, 1.807) is 0 Å². The van der Waals surface area contributed by atoms with E-state index in [0.717, 1.165) is 55.0 Å². The van der Waals surface area contributed by atoms with Crippen molar-refractivity contribution < 1.29 is 8.83 Å². The molecule has 11 aromatic carbocycles. The molecule has 0 aliphatic carbocycles. The van der Waals surface area contributed by atoms with Gasteiger partial charge in [-0.25, -0.2) is 0 Å². The van der Waals surface area contributed by atoms with Gasteiger partial charge in [0.2, 0.25) is 0 Å². The molecule has 0 unspecified atom stereocenters. The minimum atomic E-state index is 0.907. The number of benzene rings is 11. The molecule has 0 aliphatic rings. The molecule has 278 valence electrons. The lowest BCUT2D eigenvalue weighted by atomic mass is 9.84. The lowest BCUT2D eigenvalue weighted by Crippen LogP contribution is -1.92. The first-order chi connectivity index (χ1) is 29.8. The molecule has 0 amide bonds. The fraction of sp³-hybridized carbons (Fsp3) is 0. The topological polar surface area (TPSA) is 26.3 Å². The van der Waals surface area contributed by atoms with Crippen LogP contribution in [0.15, 0.2) is 215 Å². The van der Waals surface area contributed by atoms with Gasteiger partial charge >= 0.3 is 0 Å². The second-order valence-electron chi connectivity index (χ2n) is 15.8. The van der Waals surface area contributed by atoms with Gasteiger partial charge in [-0.3, -0.25) is 0 Å². The molecule has 0 radical (unpaired) electrons. The molecule has 2 heteroatoms. The quantitative estimate of drug-likeness (QED) is 0.167. The molecule has 0 saturated carbocycles. The standard InChI is InChI=1S/C58H34O2/c1-5-21-43-39(17-1)53(40-18-2-6-22-44(40)55(43)49-27-13-25-47-37-15-9-11-29-51(37)59-57(47)49)35-31-33-36(34-32-35)54-41-19-3-7-23-45(41)56(46-24-8-4-20-42(46)54)50-28-14-26-48-38-16-10-12-30-52(38)60-58(48)50/h1-34H. The van der Waals surface area contributed by atoms with Gasteiger partial charge in [0.1, 0.15) is 22.3 Å². The molecular formula is C58H34O2. The summed E-state index contributed by atoms with van der Waals surface area (Å²) < 4.78 is 13.3. The van der Waals surface area contributed by atoms with Gasteiger partial charge < -0.3 is 8.83 Å². The molecule has 13 rings (SSSR count). The van der Waals surface area contributed by atoms with Crippen LogP contribution < -0.4 is 0 Å². The van der Waals surface area contributed by atoms with Gasteiger partial charge in [-0.05, 0) is 77.5 Å². The van der Waals surface area contributed by atoms with E-state index in [0.29, 0.717) is 0 Å². The number of rotatable bonds is 4. The van der Waals surface area contributed by atoms with Crippen LogP contribution in [-0.4, -0.2) is 0 Å². The molecule has 0 N–H and O–H groups in total. The Morgan fingerprint density at radius 1 is 0.200 bits per heavy atom. The Bertz CT molecular complexity index is 3510. The van der Waals surface area contributed by atoms with E-state index < -0.39 is 0 Å². The summed E-state index contributed by atoms with van der Waals surface area (Å²) in [5.74, 6) is 0. The lowest BCUT2D eigenvalue weighted by Gasteiger charge is -2.19. The minimum absolute atomic E-state index is 0.907. The van der Waals surface area contributed by atoms with Gasteiger partial charge in [0.25, 0.3) is 0 Å². The Labute approximate surface area is 345 Å². The third-order valence-corrected chi connectivity index (χ3v) is 12.7. The van der Waals surface area contributed by atoms with Crippen molar-refractivity contribution >= 4 is 87.0 Å². The Morgan fingerprint density at radius 3 is 0.800 bits per heavy atom. The molecule has 0 atom stereocenters. The largest absolute Gasteiger partial charge is 0.455 e. The predicted molar refractivity (Wildman–Crippen MR) is 253 cm³/mol. The molecule has 60 heavy (non-hydrogen) atoms. The van der Waals surface area contributed by atoms with Crippen molar-refractivity contribution in [3.8, 4) is 44.5 Å². The van der Waals surface area contributed by atoms with Gasteiger partial charge in [-0.1, -0.05) is 194 Å². The van der Waals surface area contributed by atoms with Crippen LogP contribution in [0.1, 0.15) is 0 Å². The summed E-state index contributed by atoms with van der Waals surface area (Å²) in [5.41, 5.74) is 13.1. The SMILES string of the molecule is c1ccc2c(c1)oc1c(-c3c4ccccc4c(-c4ccc(-c5c6ccccc6c(-c6cccc7c6oc6ccccc67)c6ccccc56)cc4)c4ccccc34)cccc12. The summed E-state index contributed by atoms with van der Waals surface area (Å²) in [6.45, 7) is 0. The second kappa shape index (κ2) is 12.8. The number of para-hydroxylation sites is 4. The third-order valence-electron chi connectivity index (χ3n) is 12.7. The average molecular weight is 763 g/mol. The van der Waals surface area contributed by atoms with Gasteiger partial charge in [0, 0.05) is 43.8 Å². The summed E-state index contributed by atoms with van der Waals surface area (Å²) in [6.07, 6.45) is 0. The van der Waals surface area contributed by atoms with E-state index in [4.69, 9.17) is 8.83 Å². The first kappa shape index (κ1) is 33.1. The Hall–Kier alpha value is -7.94. The zero-order valence-electron chi connectivity index (χ0n) is 32.4. The maximum absolute atomic E-state index is 6.63. The number of hydrogen-bond acceptors (Lipinski definition) is 2. The van der Waals surface area contributed by atoms with Crippen LogP contribution in [0.4, 0.5) is 0 Å². The minimum Gasteiger partial charge on any atom is -0.455 e. The van der Waals surface area contributed by atoms with Crippen molar-refractivity contribution in [2.45, 2.75) is 0 Å². The first-order valence-electron chi connectivity index (χ1n) is 20.6. The van der Waals surface area contributed by atoms with Gasteiger partial charge in [0.05, 0.1) is 0 Å². The highest BCUT2D eigenvalue weighted by atomic mass is 16.3. The van der Waals surface area contributed by atoms with Gasteiger partial charge in [-0.15, -0.1) is 0 Å². The lowest BCUT2D eigenvalue weighted by molar-refractivity contribution is 0.669. The van der Waals surface area contributed by atoms with E-state index in [1.807, 2.05) is 12.1 Å². The van der Waals surface area contributed by atoms with Crippen LogP contribution in [0.25, 0.3) is 131 Å². The highest BCUT2D eigenvalue weighted by molar-refractivity contribution is 6.26. The molecular weight excluding hydrogens is 729 g/mol. The van der Waals surface area contributed by atoms with E-state index in [-0.39, 0.29) is 0 Å². The molecule has 0 bridgehead atoms. The van der Waals surface area contributed by atoms with Gasteiger partial charge in [0.15, 0.2) is 0 Å². The summed E-state index contributed by atoms with van der Waals surface area (Å²) in [5, 5.41) is 14.2. The summed E-state index contributed by atoms with van der Waals surface area (Å²) in [4.78, 5) is 0. The molecule has 2 aromatic heterocycles. The predicted octanol–water partition coefficient (Wildman–Crippen LogP) is 16.8. The number of furan rings is 2. The smallest absolute Gasteiger partial charge is 0.143 e. The summed E-state index contributed by atoms with van der Waals surface area (Å²) in [7, 11) is 0. The highest BCUT2D eigenvalue weighted by Gasteiger charge is 2.22. The van der Waals surface area contributed by atoms with Crippen molar-refractivity contribution in [2.75, 3.05) is 0 Å². The fourth-order valence-corrected chi connectivity index (χ4v) is 10.2. The Morgan fingerprint density at radius 2 is 0.467 bits per heavy atom. The van der Waals surface area contributed by atoms with Crippen LogP contribution in [0.5, 0.6) is 0 Å². The Balaban J connectivity index is 1.02. The molecule has 2 nitrogen and oxygen atoms in total. The maximum atomic E-state index is 6.63. The molecule has 13 aromatic rings. The maximum Gasteiger partial charge on any atom is 0.143 e. The monoisotopic (exact) mass is 762 g/mol. The van der Waals surface area contributed by atoms with Crippen molar-refractivity contribution in [2.24, 2.45) is 0 Å². The zero-order valence-corrected chi connectivity index (χ0v) is 32.4. The van der Waals surface area contributed by atoms with Gasteiger partial charge in [-0.2, -0.15) is 0 Å². The van der Waals surface area contributed by atoms with Crippen LogP contribution in [-0.2, 0) is 0 Å². The molecule has 0 aliphatic heterocycles. The van der Waals surface area contributed by atoms with Crippen LogP contribution in [0.2, 0.25) is 0 Å². The molecule has 0 saturated heterocycles. The van der Waals surface area contributed by atoms with E-state index in [2.05, 4.69) is 194 Å². The Kier molecular flexibility index (Phi) is 7.05. The fourth-order valence-electron chi connectivity index (χ4n) is 10.2. The van der Waals surface area contributed by atoms with E-state index in [1.165, 1.54) is 76.5 Å². The third kappa shape index (κ3) is 4.70.